The number of aromatic amines is 1. The van der Waals surface area contributed by atoms with Crippen LogP contribution in [0.25, 0.3) is 0 Å². The number of nitrogens with one attached hydrogen (secondary N) is 1. The number of hydrogen-bond donors (Lipinski definition) is 2. The van der Waals surface area contributed by atoms with Crippen molar-refractivity contribution < 1.29 is 18.7 Å². The molecule has 2 saturated heterocycles. The van der Waals surface area contributed by atoms with Crippen LogP contribution < -0.4 is 0 Å². The third kappa shape index (κ3) is 3.37. The average Bonchev–Trinajstić information content (AvgIpc) is 3.09. The summed E-state index contributed by atoms with van der Waals surface area (Å²) < 4.78 is 27.2. The summed E-state index contributed by atoms with van der Waals surface area (Å²) in [6.45, 7) is 2.33. The normalized spacial score (nSPS) is 25.9. The summed E-state index contributed by atoms with van der Waals surface area (Å²) in [5, 5.41) is 16.1. The topological polar surface area (TPSA) is 72.5 Å². The molecule has 23 heavy (non-hydrogen) atoms. The number of piperidine rings is 1. The van der Waals surface area contributed by atoms with E-state index in [0.717, 1.165) is 5.69 Å². The van der Waals surface area contributed by atoms with Gasteiger partial charge in [-0.3, -0.25) is 14.8 Å². The van der Waals surface area contributed by atoms with E-state index >= 15 is 0 Å². The van der Waals surface area contributed by atoms with Crippen molar-refractivity contribution in [2.45, 2.75) is 44.2 Å². The van der Waals surface area contributed by atoms with Crippen molar-refractivity contribution in [1.82, 2.24) is 20.0 Å². The van der Waals surface area contributed by atoms with Gasteiger partial charge in [-0.1, -0.05) is 0 Å². The number of aryl methyl sites for hydroxylation is 1. The fourth-order valence-electron chi connectivity index (χ4n) is 3.61. The van der Waals surface area contributed by atoms with Crippen LogP contribution in [-0.4, -0.2) is 75.3 Å². The summed E-state index contributed by atoms with van der Waals surface area (Å²) in [7, 11) is 0. The van der Waals surface area contributed by atoms with Gasteiger partial charge in [-0.15, -0.1) is 0 Å². The third-order valence-electron chi connectivity index (χ3n) is 4.77. The number of carbonyl (C=O) groups excluding carboxylic acids is 1. The van der Waals surface area contributed by atoms with Gasteiger partial charge in [0.25, 0.3) is 11.8 Å². The van der Waals surface area contributed by atoms with Crippen LogP contribution in [0.5, 0.6) is 0 Å². The molecule has 1 aromatic rings. The summed E-state index contributed by atoms with van der Waals surface area (Å²) in [6.07, 6.45) is 0.999. The van der Waals surface area contributed by atoms with Crippen molar-refractivity contribution >= 4 is 5.91 Å². The van der Waals surface area contributed by atoms with Gasteiger partial charge in [0.15, 0.2) is 0 Å². The van der Waals surface area contributed by atoms with Gasteiger partial charge in [-0.05, 0) is 25.8 Å². The molecule has 6 nitrogen and oxygen atoms in total. The molecule has 0 spiro atoms. The lowest BCUT2D eigenvalue weighted by atomic mass is 10.0. The molecule has 1 aromatic heterocycles. The van der Waals surface area contributed by atoms with E-state index in [1.165, 1.54) is 0 Å². The number of aliphatic hydroxyl groups excluding tert-OH is 1. The molecule has 2 aliphatic heterocycles. The number of aliphatic hydroxyl groups is 1. The zero-order chi connectivity index (χ0) is 16.6. The highest BCUT2D eigenvalue weighted by Crippen LogP contribution is 2.35. The van der Waals surface area contributed by atoms with Gasteiger partial charge in [-0.2, -0.15) is 5.10 Å². The predicted octanol–water partition coefficient (Wildman–Crippen LogP) is 1.02. The quantitative estimate of drug-likeness (QED) is 0.869. The van der Waals surface area contributed by atoms with E-state index in [0.29, 0.717) is 31.6 Å². The Kier molecular flexibility index (Phi) is 4.37. The number of halogens is 2. The van der Waals surface area contributed by atoms with Gasteiger partial charge in [0, 0.05) is 37.3 Å². The van der Waals surface area contributed by atoms with E-state index < -0.39 is 12.0 Å². The van der Waals surface area contributed by atoms with Crippen LogP contribution in [0, 0.1) is 6.92 Å². The van der Waals surface area contributed by atoms with Crippen LogP contribution in [0.4, 0.5) is 8.78 Å². The Labute approximate surface area is 133 Å². The molecule has 2 N–H and O–H groups in total. The van der Waals surface area contributed by atoms with Crippen LogP contribution in [0.1, 0.15) is 35.4 Å². The van der Waals surface area contributed by atoms with Gasteiger partial charge in [0.05, 0.1) is 13.2 Å². The number of rotatable bonds is 3. The highest BCUT2D eigenvalue weighted by Gasteiger charge is 2.47. The second-order valence-corrected chi connectivity index (χ2v) is 6.53. The van der Waals surface area contributed by atoms with Gasteiger partial charge < -0.3 is 10.0 Å². The minimum Gasteiger partial charge on any atom is -0.395 e. The first-order chi connectivity index (χ1) is 10.9. The molecule has 128 valence electrons. The lowest BCUT2D eigenvalue weighted by Gasteiger charge is -2.38. The maximum absolute atomic E-state index is 13.6. The van der Waals surface area contributed by atoms with Crippen molar-refractivity contribution in [3.05, 3.63) is 17.5 Å². The SMILES string of the molecule is Cc1cc(C(=O)N2CCC(N3CC(F)(F)C[C@H]3CO)CC2)n[nH]1. The monoisotopic (exact) mass is 328 g/mol. The molecule has 8 heteroatoms. The summed E-state index contributed by atoms with van der Waals surface area (Å²) in [5.41, 5.74) is 1.22. The van der Waals surface area contributed by atoms with E-state index in [1.54, 1.807) is 15.9 Å². The Hall–Kier alpha value is -1.54. The Bertz CT molecular complexity index is 570. The van der Waals surface area contributed by atoms with Crippen LogP contribution >= 0.6 is 0 Å². The van der Waals surface area contributed by atoms with E-state index in [4.69, 9.17) is 0 Å². The second-order valence-electron chi connectivity index (χ2n) is 6.53. The van der Waals surface area contributed by atoms with Crippen molar-refractivity contribution in [1.29, 1.82) is 0 Å². The van der Waals surface area contributed by atoms with Gasteiger partial charge >= 0.3 is 0 Å². The molecule has 1 amide bonds. The summed E-state index contributed by atoms with van der Waals surface area (Å²) in [6, 6.07) is 1.22. The number of alkyl halides is 2. The smallest absolute Gasteiger partial charge is 0.274 e. The minimum absolute atomic E-state index is 0.00880. The van der Waals surface area contributed by atoms with Gasteiger partial charge in [0.1, 0.15) is 5.69 Å². The molecule has 3 heterocycles. The zero-order valence-corrected chi connectivity index (χ0v) is 13.1. The number of hydrogen-bond acceptors (Lipinski definition) is 4. The molecule has 2 fully saturated rings. The first-order valence-electron chi connectivity index (χ1n) is 7.95. The second kappa shape index (κ2) is 6.16. The number of carbonyl (C=O) groups is 1. The Morgan fingerprint density at radius 2 is 2.17 bits per heavy atom. The highest BCUT2D eigenvalue weighted by atomic mass is 19.3. The molecule has 0 saturated carbocycles. The lowest BCUT2D eigenvalue weighted by molar-refractivity contribution is 0.00294. The maximum Gasteiger partial charge on any atom is 0.274 e. The molecular formula is C15H22F2N4O2. The van der Waals surface area contributed by atoms with Crippen molar-refractivity contribution in [3.8, 4) is 0 Å². The molecule has 0 unspecified atom stereocenters. The van der Waals surface area contributed by atoms with Crippen LogP contribution in [0.3, 0.4) is 0 Å². The number of H-pyrrole nitrogens is 1. The Morgan fingerprint density at radius 1 is 1.48 bits per heavy atom. The number of amides is 1. The third-order valence-corrected chi connectivity index (χ3v) is 4.77. The Balaban J connectivity index is 1.59. The number of aromatic nitrogens is 2. The fourth-order valence-corrected chi connectivity index (χ4v) is 3.61. The first kappa shape index (κ1) is 16.3. The van der Waals surface area contributed by atoms with Crippen molar-refractivity contribution in [2.75, 3.05) is 26.2 Å². The first-order valence-corrected chi connectivity index (χ1v) is 7.95. The molecule has 2 aliphatic rings. The zero-order valence-electron chi connectivity index (χ0n) is 13.1. The summed E-state index contributed by atoms with van der Waals surface area (Å²) in [4.78, 5) is 15.8. The summed E-state index contributed by atoms with van der Waals surface area (Å²) in [5.74, 6) is -2.86. The summed E-state index contributed by atoms with van der Waals surface area (Å²) >= 11 is 0. The van der Waals surface area contributed by atoms with Crippen molar-refractivity contribution in [2.24, 2.45) is 0 Å². The van der Waals surface area contributed by atoms with Crippen LogP contribution in [0.15, 0.2) is 6.07 Å². The molecule has 0 bridgehead atoms. The highest BCUT2D eigenvalue weighted by molar-refractivity contribution is 5.92. The predicted molar refractivity (Wildman–Crippen MR) is 79.4 cm³/mol. The molecule has 0 aromatic carbocycles. The van der Waals surface area contributed by atoms with E-state index in [9.17, 15) is 18.7 Å². The van der Waals surface area contributed by atoms with Crippen molar-refractivity contribution in [3.63, 3.8) is 0 Å². The fraction of sp³-hybridized carbons (Fsp3) is 0.733. The van der Waals surface area contributed by atoms with Gasteiger partial charge in [0.2, 0.25) is 0 Å². The molecule has 0 radical (unpaired) electrons. The average molecular weight is 328 g/mol. The standard InChI is InChI=1S/C15H22F2N4O2/c1-10-6-13(19-18-10)14(23)20-4-2-11(3-5-20)21-9-15(16,17)7-12(21)8-22/h6,11-12,22H,2-5,7-9H2,1H3,(H,18,19)/t12-/m0/s1. The molecular weight excluding hydrogens is 306 g/mol. The largest absolute Gasteiger partial charge is 0.395 e. The molecule has 1 atom stereocenters. The number of likely N-dealkylation sites (tertiary alicyclic amines) is 2. The maximum atomic E-state index is 13.6. The van der Waals surface area contributed by atoms with E-state index in [1.807, 2.05) is 6.92 Å². The van der Waals surface area contributed by atoms with E-state index in [-0.39, 0.29) is 31.5 Å². The van der Waals surface area contributed by atoms with Crippen LogP contribution in [-0.2, 0) is 0 Å². The Morgan fingerprint density at radius 3 is 2.74 bits per heavy atom. The van der Waals surface area contributed by atoms with Crippen LogP contribution in [0.2, 0.25) is 0 Å². The van der Waals surface area contributed by atoms with E-state index in [2.05, 4.69) is 10.2 Å². The van der Waals surface area contributed by atoms with Gasteiger partial charge in [-0.25, -0.2) is 8.78 Å². The lowest BCUT2D eigenvalue weighted by Crippen LogP contribution is -2.49. The number of nitrogens with zero attached hydrogens (tertiary/aromatic N) is 3. The molecule has 3 rings (SSSR count). The minimum atomic E-state index is -2.73. The molecule has 0 aliphatic carbocycles.